The lowest BCUT2D eigenvalue weighted by Gasteiger charge is -1.91. The third-order valence-electron chi connectivity index (χ3n) is 1.87. The first-order valence-electron chi connectivity index (χ1n) is 4.39. The smallest absolute Gasteiger partial charge is 0.358 e. The van der Waals surface area contributed by atoms with E-state index in [1.54, 1.807) is 6.20 Å². The number of nitro groups is 1. The largest absolute Gasteiger partial charge is 0.408 e. The molecule has 0 aliphatic rings. The molecule has 0 aromatic carbocycles. The molecule has 3 N–H and O–H groups in total. The van der Waals surface area contributed by atoms with Gasteiger partial charge >= 0.3 is 5.82 Å². The molecule has 0 unspecified atom stereocenters. The highest BCUT2D eigenvalue weighted by Gasteiger charge is 2.19. The van der Waals surface area contributed by atoms with Gasteiger partial charge in [0.1, 0.15) is 0 Å². The van der Waals surface area contributed by atoms with Crippen LogP contribution in [0, 0.1) is 10.1 Å². The molecule has 0 bridgehead atoms. The number of anilines is 1. The van der Waals surface area contributed by atoms with E-state index >= 15 is 0 Å². The fourth-order valence-corrected chi connectivity index (χ4v) is 2.13. The van der Waals surface area contributed by atoms with Crippen LogP contribution in [0.15, 0.2) is 12.4 Å². The third kappa shape index (κ3) is 2.52. The fourth-order valence-electron chi connectivity index (χ4n) is 1.20. The normalized spacial score (nSPS) is 10.5. The SMILES string of the molecule is NNc1ncc(Cn2cc(Cl)c([N+](=O)[O-])n2)s1. The molecule has 0 aliphatic carbocycles. The maximum absolute atomic E-state index is 10.5. The summed E-state index contributed by atoms with van der Waals surface area (Å²) >= 11 is 7.00. The minimum absolute atomic E-state index is 0.0108. The van der Waals surface area contributed by atoms with Gasteiger partial charge in [-0.2, -0.15) is 4.68 Å². The van der Waals surface area contributed by atoms with Crippen molar-refractivity contribution >= 4 is 33.9 Å². The summed E-state index contributed by atoms with van der Waals surface area (Å²) in [5.74, 6) is 4.84. The molecule has 0 radical (unpaired) electrons. The molecule has 2 heterocycles. The molecule has 0 saturated heterocycles. The Labute approximate surface area is 104 Å². The van der Waals surface area contributed by atoms with Gasteiger partial charge in [-0.1, -0.05) is 22.9 Å². The van der Waals surface area contributed by atoms with Crippen LogP contribution in [-0.2, 0) is 6.54 Å². The number of halogens is 1. The lowest BCUT2D eigenvalue weighted by molar-refractivity contribution is -0.389. The number of rotatable bonds is 4. The molecule has 0 fully saturated rings. The highest BCUT2D eigenvalue weighted by Crippen LogP contribution is 2.23. The minimum atomic E-state index is -0.627. The highest BCUT2D eigenvalue weighted by atomic mass is 35.5. The molecule has 90 valence electrons. The minimum Gasteiger partial charge on any atom is -0.358 e. The molecule has 0 saturated carbocycles. The van der Waals surface area contributed by atoms with Gasteiger partial charge in [0.05, 0.1) is 22.7 Å². The van der Waals surface area contributed by atoms with Crippen LogP contribution in [0.1, 0.15) is 4.88 Å². The topological polar surface area (TPSA) is 112 Å². The van der Waals surface area contributed by atoms with E-state index in [4.69, 9.17) is 17.4 Å². The van der Waals surface area contributed by atoms with Crippen molar-refractivity contribution in [3.05, 3.63) is 32.4 Å². The molecule has 8 nitrogen and oxygen atoms in total. The van der Waals surface area contributed by atoms with E-state index in [9.17, 15) is 10.1 Å². The summed E-state index contributed by atoms with van der Waals surface area (Å²) < 4.78 is 1.38. The summed E-state index contributed by atoms with van der Waals surface area (Å²) in [4.78, 5) is 14.7. The van der Waals surface area contributed by atoms with Gasteiger partial charge in [-0.05, 0) is 4.92 Å². The number of hydrazine groups is 1. The maximum Gasteiger partial charge on any atom is 0.408 e. The van der Waals surface area contributed by atoms with Gasteiger partial charge in [0.2, 0.25) is 0 Å². The van der Waals surface area contributed by atoms with Crippen LogP contribution in [0.25, 0.3) is 0 Å². The average molecular weight is 275 g/mol. The van der Waals surface area contributed by atoms with Crippen LogP contribution < -0.4 is 11.3 Å². The Bertz CT molecular complexity index is 552. The van der Waals surface area contributed by atoms with Crippen molar-refractivity contribution in [2.24, 2.45) is 5.84 Å². The summed E-state index contributed by atoms with van der Waals surface area (Å²) in [6, 6.07) is 0. The molecule has 17 heavy (non-hydrogen) atoms. The van der Waals surface area contributed by atoms with Gasteiger partial charge in [0, 0.05) is 6.20 Å². The summed E-state index contributed by atoms with van der Waals surface area (Å²) in [5.41, 5.74) is 2.41. The van der Waals surface area contributed by atoms with Crippen LogP contribution >= 0.6 is 22.9 Å². The van der Waals surface area contributed by atoms with Gasteiger partial charge in [-0.25, -0.2) is 10.8 Å². The second-order valence-corrected chi connectivity index (χ2v) is 4.55. The van der Waals surface area contributed by atoms with Crippen molar-refractivity contribution in [2.75, 3.05) is 5.43 Å². The van der Waals surface area contributed by atoms with Gasteiger partial charge in [0.25, 0.3) is 0 Å². The first-order chi connectivity index (χ1) is 8.10. The van der Waals surface area contributed by atoms with Gasteiger partial charge in [0.15, 0.2) is 10.2 Å². The Morgan fingerprint density at radius 1 is 1.71 bits per heavy atom. The van der Waals surface area contributed by atoms with Crippen molar-refractivity contribution in [3.63, 3.8) is 0 Å². The zero-order chi connectivity index (χ0) is 12.4. The number of nitrogens with zero attached hydrogens (tertiary/aromatic N) is 4. The molecular formula is C7H7ClN6O2S. The molecular weight excluding hydrogens is 268 g/mol. The van der Waals surface area contributed by atoms with E-state index in [-0.39, 0.29) is 10.8 Å². The lowest BCUT2D eigenvalue weighted by Crippen LogP contribution is -2.05. The van der Waals surface area contributed by atoms with Crippen molar-refractivity contribution < 1.29 is 4.92 Å². The number of hydrogen-bond donors (Lipinski definition) is 2. The number of nitrogens with two attached hydrogens (primary N) is 1. The Morgan fingerprint density at radius 2 is 2.47 bits per heavy atom. The average Bonchev–Trinajstić information content (AvgIpc) is 2.85. The van der Waals surface area contributed by atoms with Crippen molar-refractivity contribution in [1.82, 2.24) is 14.8 Å². The third-order valence-corrected chi connectivity index (χ3v) is 3.05. The predicted octanol–water partition coefficient (Wildman–Crippen LogP) is 1.24. The van der Waals surface area contributed by atoms with Gasteiger partial charge in [-0.15, -0.1) is 0 Å². The van der Waals surface area contributed by atoms with E-state index < -0.39 is 4.92 Å². The van der Waals surface area contributed by atoms with Crippen LogP contribution in [-0.4, -0.2) is 19.7 Å². The summed E-state index contributed by atoms with van der Waals surface area (Å²) in [7, 11) is 0. The highest BCUT2D eigenvalue weighted by molar-refractivity contribution is 7.15. The van der Waals surface area contributed by atoms with E-state index in [1.807, 2.05) is 0 Å². The Balaban J connectivity index is 2.18. The zero-order valence-electron chi connectivity index (χ0n) is 8.33. The summed E-state index contributed by atoms with van der Waals surface area (Å²) in [6.45, 7) is 0.354. The number of hydrogen-bond acceptors (Lipinski definition) is 7. The van der Waals surface area contributed by atoms with Crippen LogP contribution in [0.2, 0.25) is 5.02 Å². The molecule has 0 aliphatic heterocycles. The maximum atomic E-state index is 10.5. The standard InChI is InChI=1S/C7H7ClN6O2S/c8-5-3-13(12-6(5)14(15)16)2-4-1-10-7(11-9)17-4/h1,3H,2,9H2,(H,10,11). The van der Waals surface area contributed by atoms with Crippen LogP contribution in [0.3, 0.4) is 0 Å². The summed E-state index contributed by atoms with van der Waals surface area (Å²) in [6.07, 6.45) is 3.01. The van der Waals surface area contributed by atoms with Crippen LogP contribution in [0.5, 0.6) is 0 Å². The zero-order valence-corrected chi connectivity index (χ0v) is 9.90. The van der Waals surface area contributed by atoms with E-state index in [0.29, 0.717) is 11.7 Å². The van der Waals surface area contributed by atoms with Crippen LogP contribution in [0.4, 0.5) is 10.9 Å². The monoisotopic (exact) mass is 274 g/mol. The fraction of sp³-hybridized carbons (Fsp3) is 0.143. The van der Waals surface area contributed by atoms with Crippen molar-refractivity contribution in [2.45, 2.75) is 6.54 Å². The molecule has 0 atom stereocenters. The molecule has 2 aromatic heterocycles. The predicted molar refractivity (Wildman–Crippen MR) is 62.9 cm³/mol. The molecule has 0 spiro atoms. The second-order valence-electron chi connectivity index (χ2n) is 3.03. The van der Waals surface area contributed by atoms with E-state index in [1.165, 1.54) is 22.2 Å². The molecule has 2 aromatic rings. The summed E-state index contributed by atoms with van der Waals surface area (Å²) in [5, 5.41) is 14.9. The van der Waals surface area contributed by atoms with Gasteiger partial charge in [-0.3, -0.25) is 5.43 Å². The second kappa shape index (κ2) is 4.65. The molecule has 2 rings (SSSR count). The quantitative estimate of drug-likeness (QED) is 0.493. The Morgan fingerprint density at radius 3 is 3.00 bits per heavy atom. The molecule has 0 amide bonds. The Kier molecular flexibility index (Phi) is 3.22. The van der Waals surface area contributed by atoms with E-state index in [2.05, 4.69) is 15.5 Å². The number of nitrogens with one attached hydrogen (secondary N) is 1. The number of nitrogen functional groups attached to an aromatic ring is 1. The van der Waals surface area contributed by atoms with Crippen molar-refractivity contribution in [3.8, 4) is 0 Å². The Hall–Kier alpha value is -1.71. The first kappa shape index (κ1) is 11.8. The first-order valence-corrected chi connectivity index (χ1v) is 5.58. The lowest BCUT2D eigenvalue weighted by atomic mass is 10.5. The van der Waals surface area contributed by atoms with Gasteiger partial charge < -0.3 is 10.1 Å². The molecule has 10 heteroatoms. The number of thiazole rings is 1. The van der Waals surface area contributed by atoms with Crippen molar-refractivity contribution in [1.29, 1.82) is 0 Å². The van der Waals surface area contributed by atoms with E-state index in [0.717, 1.165) is 4.88 Å². The number of aromatic nitrogens is 3.